The number of carbonyl (C=O) groups excluding carboxylic acids is 1. The van der Waals surface area contributed by atoms with Gasteiger partial charge < -0.3 is 14.6 Å². The zero-order valence-corrected chi connectivity index (χ0v) is 18.1. The van der Waals surface area contributed by atoms with E-state index >= 15 is 0 Å². The number of rotatable bonds is 4. The maximum atomic E-state index is 13.0. The molecule has 1 amide bonds. The van der Waals surface area contributed by atoms with E-state index in [4.69, 9.17) is 4.74 Å². The molecule has 0 aliphatic carbocycles. The molecule has 0 fully saturated rings. The summed E-state index contributed by atoms with van der Waals surface area (Å²) in [7, 11) is -2.34. The van der Waals surface area contributed by atoms with Crippen molar-refractivity contribution in [1.82, 2.24) is 9.29 Å². The van der Waals surface area contributed by atoms with Crippen molar-refractivity contribution in [2.24, 2.45) is 12.5 Å². The largest absolute Gasteiger partial charge is 0.488 e. The summed E-state index contributed by atoms with van der Waals surface area (Å²) in [6.07, 6.45) is 3.02. The fourth-order valence-corrected chi connectivity index (χ4v) is 4.71. The quantitative estimate of drug-likeness (QED) is 0.727. The predicted octanol–water partition coefficient (Wildman–Crippen LogP) is 2.71. The van der Waals surface area contributed by atoms with Gasteiger partial charge in [0.25, 0.3) is 5.91 Å². The Morgan fingerprint density at radius 2 is 2.17 bits per heavy atom. The van der Waals surface area contributed by atoms with Crippen LogP contribution in [0.1, 0.15) is 35.5 Å². The molecule has 1 aliphatic heterocycles. The highest BCUT2D eigenvalue weighted by atomic mass is 32.2. The lowest BCUT2D eigenvalue weighted by Crippen LogP contribution is -2.46. The summed E-state index contributed by atoms with van der Waals surface area (Å²) in [6, 6.07) is 6.49. The number of sulfonamides is 1. The third kappa shape index (κ3) is 3.84. The molecular formula is C21H24N4O4S. The van der Waals surface area contributed by atoms with E-state index in [0.29, 0.717) is 11.3 Å². The lowest BCUT2D eigenvalue weighted by molar-refractivity contribution is 0.101. The molecule has 0 saturated heterocycles. The SMILES string of the molecule is C=CC(C)(C)C1COc2c(cn(C)c2C(=O)Nc2ccc(C)c(C#N)c2)S(=O)(=O)N1. The lowest BCUT2D eigenvalue weighted by atomic mass is 9.86. The Bertz CT molecular complexity index is 1170. The molecule has 1 aromatic carbocycles. The fraction of sp³-hybridized carbons (Fsp3) is 0.333. The van der Waals surface area contributed by atoms with Crippen LogP contribution in [0.25, 0.3) is 0 Å². The van der Waals surface area contributed by atoms with E-state index in [9.17, 15) is 18.5 Å². The van der Waals surface area contributed by atoms with Gasteiger partial charge in [0.05, 0.1) is 17.7 Å². The van der Waals surface area contributed by atoms with E-state index in [2.05, 4.69) is 22.7 Å². The maximum Gasteiger partial charge on any atom is 0.276 e. The number of hydrogen-bond acceptors (Lipinski definition) is 5. The van der Waals surface area contributed by atoms with Crippen molar-refractivity contribution >= 4 is 21.6 Å². The second kappa shape index (κ2) is 7.63. The molecule has 1 aliphatic rings. The number of anilines is 1. The van der Waals surface area contributed by atoms with Gasteiger partial charge in [0.1, 0.15) is 11.5 Å². The normalized spacial score (nSPS) is 17.8. The van der Waals surface area contributed by atoms with E-state index in [1.165, 1.54) is 10.8 Å². The lowest BCUT2D eigenvalue weighted by Gasteiger charge is -2.30. The highest BCUT2D eigenvalue weighted by Gasteiger charge is 2.39. The molecule has 1 atom stereocenters. The summed E-state index contributed by atoms with van der Waals surface area (Å²) in [4.78, 5) is 12.9. The van der Waals surface area contributed by atoms with Crippen LogP contribution in [0, 0.1) is 23.7 Å². The van der Waals surface area contributed by atoms with Gasteiger partial charge in [0.15, 0.2) is 11.4 Å². The molecule has 2 N–H and O–H groups in total. The van der Waals surface area contributed by atoms with Crippen LogP contribution >= 0.6 is 0 Å². The summed E-state index contributed by atoms with van der Waals surface area (Å²) in [6.45, 7) is 9.31. The van der Waals surface area contributed by atoms with Crippen molar-refractivity contribution in [2.75, 3.05) is 11.9 Å². The number of fused-ring (bicyclic) bond motifs is 1. The number of benzene rings is 1. The van der Waals surface area contributed by atoms with Gasteiger partial charge in [-0.15, -0.1) is 6.58 Å². The molecule has 2 heterocycles. The minimum Gasteiger partial charge on any atom is -0.488 e. The molecule has 8 nitrogen and oxygen atoms in total. The maximum absolute atomic E-state index is 13.0. The number of nitrogens with zero attached hydrogens (tertiary/aromatic N) is 2. The first-order valence-electron chi connectivity index (χ1n) is 9.30. The van der Waals surface area contributed by atoms with Crippen LogP contribution < -0.4 is 14.8 Å². The highest BCUT2D eigenvalue weighted by molar-refractivity contribution is 7.89. The van der Waals surface area contributed by atoms with E-state index in [-0.39, 0.29) is 22.9 Å². The molecule has 0 spiro atoms. The number of carbonyl (C=O) groups is 1. The van der Waals surface area contributed by atoms with Crippen LogP contribution in [-0.2, 0) is 17.1 Å². The third-order valence-corrected chi connectivity index (χ3v) is 6.80. The molecular weight excluding hydrogens is 404 g/mol. The third-order valence-electron chi connectivity index (χ3n) is 5.34. The Hall–Kier alpha value is -3.09. The molecule has 1 unspecified atom stereocenters. The molecule has 9 heteroatoms. The minimum atomic E-state index is -3.91. The van der Waals surface area contributed by atoms with Crippen LogP contribution in [0.2, 0.25) is 0 Å². The predicted molar refractivity (Wildman–Crippen MR) is 113 cm³/mol. The van der Waals surface area contributed by atoms with E-state index in [1.54, 1.807) is 38.2 Å². The number of hydrogen-bond donors (Lipinski definition) is 2. The summed E-state index contributed by atoms with van der Waals surface area (Å²) in [5.74, 6) is -0.541. The van der Waals surface area contributed by atoms with E-state index in [1.807, 2.05) is 13.8 Å². The van der Waals surface area contributed by atoms with Crippen LogP contribution in [0.4, 0.5) is 5.69 Å². The second-order valence-corrected chi connectivity index (χ2v) is 9.57. The molecule has 0 saturated carbocycles. The number of aromatic nitrogens is 1. The first-order valence-corrected chi connectivity index (χ1v) is 10.8. The molecule has 30 heavy (non-hydrogen) atoms. The van der Waals surface area contributed by atoms with E-state index in [0.717, 1.165) is 5.56 Å². The zero-order chi connectivity index (χ0) is 22.3. The standard InChI is InChI=1S/C21H24N4O4S/c1-6-21(3,4)17-12-29-19-16(30(27,28)24-17)11-25(5)18(19)20(26)23-15-8-7-13(2)14(9-15)10-22/h6-9,11,17,24H,1,12H2,2-5H3,(H,23,26). The van der Waals surface area contributed by atoms with Gasteiger partial charge in [-0.05, 0) is 24.6 Å². The Kier molecular flexibility index (Phi) is 5.50. The average Bonchev–Trinajstić information content (AvgIpc) is 2.97. The topological polar surface area (TPSA) is 113 Å². The Labute approximate surface area is 176 Å². The number of ether oxygens (including phenoxy) is 1. The summed E-state index contributed by atoms with van der Waals surface area (Å²) >= 11 is 0. The second-order valence-electron chi connectivity index (χ2n) is 7.89. The Balaban J connectivity index is 1.99. The molecule has 3 rings (SSSR count). The number of aryl methyl sites for hydroxylation is 2. The van der Waals surface area contributed by atoms with Crippen LogP contribution in [-0.4, -0.2) is 31.5 Å². The van der Waals surface area contributed by atoms with Gasteiger partial charge >= 0.3 is 0 Å². The van der Waals surface area contributed by atoms with Crippen molar-refractivity contribution < 1.29 is 17.9 Å². The van der Waals surface area contributed by atoms with E-state index < -0.39 is 27.4 Å². The number of amides is 1. The molecule has 2 aromatic rings. The molecule has 0 bridgehead atoms. The van der Waals surface area contributed by atoms with Gasteiger partial charge in [0.2, 0.25) is 10.0 Å². The minimum absolute atomic E-state index is 0.00233. The highest BCUT2D eigenvalue weighted by Crippen LogP contribution is 2.35. The summed E-state index contributed by atoms with van der Waals surface area (Å²) in [5, 5.41) is 11.9. The van der Waals surface area contributed by atoms with Crippen molar-refractivity contribution in [2.45, 2.75) is 31.7 Å². The molecule has 1 aromatic heterocycles. The average molecular weight is 429 g/mol. The van der Waals surface area contributed by atoms with Gasteiger partial charge in [-0.3, -0.25) is 4.79 Å². The fourth-order valence-electron chi connectivity index (χ4n) is 3.14. The van der Waals surface area contributed by atoms with Crippen molar-refractivity contribution in [1.29, 1.82) is 5.26 Å². The van der Waals surface area contributed by atoms with Crippen LogP contribution in [0.15, 0.2) is 41.9 Å². The van der Waals surface area contributed by atoms with Gasteiger partial charge in [-0.1, -0.05) is 26.0 Å². The number of nitriles is 1. The first-order chi connectivity index (χ1) is 14.0. The Morgan fingerprint density at radius 3 is 2.80 bits per heavy atom. The summed E-state index contributed by atoms with van der Waals surface area (Å²) in [5.41, 5.74) is 1.18. The van der Waals surface area contributed by atoms with Crippen molar-refractivity contribution in [3.63, 3.8) is 0 Å². The smallest absolute Gasteiger partial charge is 0.276 e. The Morgan fingerprint density at radius 1 is 1.47 bits per heavy atom. The van der Waals surface area contributed by atoms with Crippen molar-refractivity contribution in [3.8, 4) is 11.8 Å². The van der Waals surface area contributed by atoms with Gasteiger partial charge in [0, 0.05) is 24.3 Å². The summed E-state index contributed by atoms with van der Waals surface area (Å²) < 4.78 is 35.8. The van der Waals surface area contributed by atoms with Crippen LogP contribution in [0.5, 0.6) is 5.75 Å². The molecule has 0 radical (unpaired) electrons. The van der Waals surface area contributed by atoms with Crippen LogP contribution in [0.3, 0.4) is 0 Å². The zero-order valence-electron chi connectivity index (χ0n) is 17.3. The first kappa shape index (κ1) is 21.6. The molecule has 158 valence electrons. The van der Waals surface area contributed by atoms with Gasteiger partial charge in [-0.2, -0.15) is 5.26 Å². The monoisotopic (exact) mass is 428 g/mol. The number of nitrogens with one attached hydrogen (secondary N) is 2. The van der Waals surface area contributed by atoms with Crippen molar-refractivity contribution in [3.05, 3.63) is 53.9 Å². The van der Waals surface area contributed by atoms with Gasteiger partial charge in [-0.25, -0.2) is 13.1 Å².